The number of rotatable bonds is 0. The van der Waals surface area contributed by atoms with E-state index in [0.717, 1.165) is 67.1 Å². The molecule has 0 amide bonds. The first-order valence-electron chi connectivity index (χ1n) is 19.1. The van der Waals surface area contributed by atoms with Gasteiger partial charge in [-0.3, -0.25) is 0 Å². The molecule has 0 saturated carbocycles. The molecule has 7 rings (SSSR count). The van der Waals surface area contributed by atoms with E-state index in [1.165, 1.54) is 11.1 Å². The molecular weight excluding hydrogens is 763 g/mol. The van der Waals surface area contributed by atoms with E-state index in [-0.39, 0.29) is 33.2 Å². The molecule has 4 nitrogen and oxygen atoms in total. The second-order valence-electron chi connectivity index (χ2n) is 19.9. The van der Waals surface area contributed by atoms with Crippen LogP contribution >= 0.6 is 18.6 Å². The van der Waals surface area contributed by atoms with Crippen LogP contribution in [0.1, 0.15) is 150 Å². The number of phenolic OH excluding ortho intramolecular Hbond substituents is 2. The van der Waals surface area contributed by atoms with Crippen LogP contribution in [0.25, 0.3) is 0 Å². The van der Waals surface area contributed by atoms with Gasteiger partial charge in [0.05, 0.1) is 0 Å². The van der Waals surface area contributed by atoms with Gasteiger partial charge in [0.15, 0.2) is 0 Å². The number of halogens is 2. The van der Waals surface area contributed by atoms with E-state index < -0.39 is 25.6 Å². The third kappa shape index (κ3) is 9.40. The van der Waals surface area contributed by atoms with Crippen LogP contribution < -0.4 is 8.85 Å². The molecule has 0 radical (unpaired) electrons. The molecule has 290 valence electrons. The summed E-state index contributed by atoms with van der Waals surface area (Å²) in [5.74, 6) is 2.35. The van der Waals surface area contributed by atoms with Crippen LogP contribution in [0.3, 0.4) is 0 Å². The first-order valence-corrected chi connectivity index (χ1v) is 26.2. The number of benzene rings is 4. The van der Waals surface area contributed by atoms with Crippen molar-refractivity contribution < 1.29 is 36.1 Å². The van der Waals surface area contributed by atoms with Gasteiger partial charge in [0.1, 0.15) is 23.0 Å². The Hall–Kier alpha value is -2.41. The molecule has 2 aliphatic heterocycles. The summed E-state index contributed by atoms with van der Waals surface area (Å²) in [5.41, 5.74) is 12.1. The minimum atomic E-state index is -2.83. The van der Waals surface area contributed by atoms with E-state index in [4.69, 9.17) is 27.5 Å². The first kappa shape index (κ1) is 42.7. The Morgan fingerprint density at radius 1 is 0.444 bits per heavy atom. The van der Waals surface area contributed by atoms with E-state index in [1.807, 2.05) is 0 Å². The molecular formula is C46H60Cl2O4SiTi. The molecule has 4 aromatic carbocycles. The van der Waals surface area contributed by atoms with Crippen LogP contribution in [-0.4, -0.2) is 18.8 Å². The summed E-state index contributed by atoms with van der Waals surface area (Å²) < 4.78 is 14.2. The van der Waals surface area contributed by atoms with Gasteiger partial charge in [0.25, 0.3) is 0 Å². The Balaban J connectivity index is 0.00000181. The predicted octanol–water partition coefficient (Wildman–Crippen LogP) is 12.8. The summed E-state index contributed by atoms with van der Waals surface area (Å²) in [6.45, 7) is 31.2. The van der Waals surface area contributed by atoms with Crippen LogP contribution in [0.15, 0.2) is 48.5 Å². The zero-order chi connectivity index (χ0) is 40.3. The SMILES string of the molecule is CC(C)(C)c1cc2c(O)c(c1)Cc1cc(C(C)(C)C)cc3c1O[Si](C)(C)Oc1c(cc(C(C)(C)C)cc1C3)Cc1cc(C(C)(C)C)cc(c1O)C2.[Cl][Ti][Cl]. The van der Waals surface area contributed by atoms with Gasteiger partial charge in [0, 0.05) is 38.8 Å². The number of aromatic hydroxyl groups is 2. The van der Waals surface area contributed by atoms with Gasteiger partial charge < -0.3 is 19.1 Å². The summed E-state index contributed by atoms with van der Waals surface area (Å²) in [7, 11) is 6.95. The van der Waals surface area contributed by atoms with Crippen molar-refractivity contribution in [2.24, 2.45) is 0 Å². The predicted molar refractivity (Wildman–Crippen MR) is 226 cm³/mol. The van der Waals surface area contributed by atoms with Gasteiger partial charge >= 0.3 is 44.2 Å². The van der Waals surface area contributed by atoms with Gasteiger partial charge in [0.2, 0.25) is 0 Å². The molecule has 0 fully saturated rings. The summed E-state index contributed by atoms with van der Waals surface area (Å²) >= 11 is -0.556. The van der Waals surface area contributed by atoms with E-state index in [0.29, 0.717) is 25.7 Å². The molecule has 0 atom stereocenters. The van der Waals surface area contributed by atoms with E-state index in [2.05, 4.69) is 145 Å². The van der Waals surface area contributed by atoms with Gasteiger partial charge in [-0.25, -0.2) is 0 Å². The Labute approximate surface area is 342 Å². The zero-order valence-electron chi connectivity index (χ0n) is 34.9. The van der Waals surface area contributed by atoms with Crippen molar-refractivity contribution in [2.45, 2.75) is 144 Å². The van der Waals surface area contributed by atoms with Crippen LogP contribution in [0.5, 0.6) is 23.0 Å². The minimum absolute atomic E-state index is 0.0941. The maximum absolute atomic E-state index is 12.2. The number of hydrogen-bond donors (Lipinski definition) is 2. The molecule has 8 heteroatoms. The summed E-state index contributed by atoms with van der Waals surface area (Å²) in [5, 5.41) is 24.3. The Morgan fingerprint density at radius 3 is 0.852 bits per heavy atom. The van der Waals surface area contributed by atoms with Crippen molar-refractivity contribution >= 4 is 27.2 Å². The van der Waals surface area contributed by atoms with Gasteiger partial charge in [-0.05, 0) is 88.4 Å². The number of hydrogen-bond acceptors (Lipinski definition) is 4. The number of phenols is 2. The molecule has 0 spiro atoms. The van der Waals surface area contributed by atoms with Gasteiger partial charge in [-0.2, -0.15) is 0 Å². The van der Waals surface area contributed by atoms with Gasteiger partial charge in [-0.1, -0.05) is 132 Å². The third-order valence-corrected chi connectivity index (χ3v) is 12.1. The molecule has 0 unspecified atom stereocenters. The molecule has 2 N–H and O–H groups in total. The van der Waals surface area contributed by atoms with Crippen molar-refractivity contribution in [1.82, 2.24) is 0 Å². The standard InChI is InChI=1S/C46H60O4Si.2ClH.Ti/c1-43(2,3)35-19-27-15-28-20-36(44(4,5)6)22-30(40(28)48)17-32-24-38(46(10,11)12)26-34-18-33-25-37(45(7,8)9)23-31(16-29(21-35)39(27)47)41(33)49-51(13,14)50-42(32)34;;;/h19-26,47-48H,15-18H2,1-14H3;2*1H;/q;;;+2/p-2. The fraction of sp³-hybridized carbons (Fsp3) is 0.478. The van der Waals surface area contributed by atoms with Crippen LogP contribution in [-0.2, 0) is 64.4 Å². The molecule has 0 aromatic heterocycles. The quantitative estimate of drug-likeness (QED) is 0.153. The summed E-state index contributed by atoms with van der Waals surface area (Å²) in [6, 6.07) is 17.9. The Morgan fingerprint density at radius 2 is 0.630 bits per heavy atom. The Bertz CT molecular complexity index is 1920. The maximum atomic E-state index is 12.2. The average molecular weight is 824 g/mol. The average Bonchev–Trinajstić information content (AvgIpc) is 3.00. The van der Waals surface area contributed by atoms with Crippen molar-refractivity contribution in [1.29, 1.82) is 0 Å². The summed E-state index contributed by atoms with van der Waals surface area (Å²) in [4.78, 5) is 0. The molecule has 3 aliphatic rings. The Kier molecular flexibility index (Phi) is 12.0. The van der Waals surface area contributed by atoms with Crippen molar-refractivity contribution in [3.63, 3.8) is 0 Å². The fourth-order valence-corrected chi connectivity index (χ4v) is 8.97. The molecule has 1 aliphatic carbocycles. The van der Waals surface area contributed by atoms with Crippen LogP contribution in [0.4, 0.5) is 0 Å². The second kappa shape index (κ2) is 15.2. The normalized spacial score (nSPS) is 15.3. The van der Waals surface area contributed by atoms with Crippen molar-refractivity contribution in [2.75, 3.05) is 0 Å². The zero-order valence-corrected chi connectivity index (χ0v) is 39.0. The van der Waals surface area contributed by atoms with Crippen LogP contribution in [0.2, 0.25) is 13.1 Å². The molecule has 54 heavy (non-hydrogen) atoms. The first-order chi connectivity index (χ1) is 24.7. The fourth-order valence-electron chi connectivity index (χ4n) is 7.42. The van der Waals surface area contributed by atoms with Crippen LogP contribution in [0, 0.1) is 0 Å². The topological polar surface area (TPSA) is 58.9 Å². The summed E-state index contributed by atoms with van der Waals surface area (Å²) in [6.07, 6.45) is 2.10. The third-order valence-electron chi connectivity index (χ3n) is 10.7. The van der Waals surface area contributed by atoms with Crippen molar-refractivity contribution in [3.8, 4) is 23.0 Å². The van der Waals surface area contributed by atoms with E-state index in [9.17, 15) is 10.2 Å². The van der Waals surface area contributed by atoms with E-state index in [1.54, 1.807) is 0 Å². The second-order valence-corrected chi connectivity index (χ2v) is 25.7. The van der Waals surface area contributed by atoms with Gasteiger partial charge in [-0.15, -0.1) is 0 Å². The van der Waals surface area contributed by atoms with E-state index >= 15 is 0 Å². The monoisotopic (exact) mass is 822 g/mol. The number of fused-ring (bicyclic) bond motifs is 2. The molecule has 10 bridgehead atoms. The van der Waals surface area contributed by atoms with Crippen molar-refractivity contribution in [3.05, 3.63) is 115 Å². The molecule has 4 aromatic rings. The molecule has 2 heterocycles. The molecule has 0 saturated heterocycles.